The molecule has 58 heavy (non-hydrogen) atoms. The second kappa shape index (κ2) is 24.0. The molecule has 3 rings (SSSR count). The number of carbonyl (C=O) groups excluding carboxylic acids is 5. The number of halogens is 3. The molecule has 2 unspecified atom stereocenters. The molecule has 2 fully saturated rings. The van der Waals surface area contributed by atoms with Crippen LogP contribution in [0.2, 0.25) is 0 Å². The van der Waals surface area contributed by atoms with Crippen molar-refractivity contribution >= 4 is 43.3 Å². The van der Waals surface area contributed by atoms with Crippen molar-refractivity contribution in [3.8, 4) is 0 Å². The zero-order valence-electron chi connectivity index (χ0n) is 33.1. The number of nitrogens with zero attached hydrogens (tertiary/aromatic N) is 1. The summed E-state index contributed by atoms with van der Waals surface area (Å²) < 4.78 is 69.2. The van der Waals surface area contributed by atoms with Crippen LogP contribution >= 0.6 is 7.60 Å². The smallest absolute Gasteiger partial charge is 0.471 e. The number of carbonyl (C=O) groups is 6. The summed E-state index contributed by atoms with van der Waals surface area (Å²) in [5.74, 6) is -6.76. The number of aliphatic carboxylic acids is 1. The molecule has 1 aromatic carbocycles. The van der Waals surface area contributed by atoms with Crippen LogP contribution in [0, 0.1) is 5.92 Å². The molecule has 1 saturated heterocycles. The van der Waals surface area contributed by atoms with E-state index in [1.807, 2.05) is 37.3 Å². The van der Waals surface area contributed by atoms with E-state index in [0.29, 0.717) is 44.9 Å². The molecule has 1 aliphatic heterocycles. The monoisotopic (exact) mass is 847 g/mol. The fourth-order valence-corrected chi connectivity index (χ4v) is 8.33. The number of carboxylic acid groups (broad SMARTS) is 1. The summed E-state index contributed by atoms with van der Waals surface area (Å²) >= 11 is 0. The van der Waals surface area contributed by atoms with E-state index in [1.54, 1.807) is 5.32 Å². The second-order valence-electron chi connectivity index (χ2n) is 14.4. The van der Waals surface area contributed by atoms with E-state index >= 15 is 0 Å². The van der Waals surface area contributed by atoms with Crippen molar-refractivity contribution in [2.24, 2.45) is 5.92 Å². The highest BCUT2D eigenvalue weighted by Gasteiger charge is 2.44. The molecule has 5 N–H and O–H groups in total. The predicted octanol–water partition coefficient (Wildman–Crippen LogP) is 5.15. The maximum atomic E-state index is 14.6. The second-order valence-corrected chi connectivity index (χ2v) is 16.7. The summed E-state index contributed by atoms with van der Waals surface area (Å²) in [6.07, 6.45) is -2.70. The Morgan fingerprint density at radius 1 is 0.897 bits per heavy atom. The van der Waals surface area contributed by atoms with E-state index in [1.165, 1.54) is 0 Å². The van der Waals surface area contributed by atoms with Crippen LogP contribution in [0.25, 0.3) is 0 Å². The first-order valence-corrected chi connectivity index (χ1v) is 21.5. The Bertz CT molecular complexity index is 1570. The van der Waals surface area contributed by atoms with Gasteiger partial charge in [0.15, 0.2) is 0 Å². The van der Waals surface area contributed by atoms with Crippen LogP contribution in [0.4, 0.5) is 18.0 Å². The SMILES string of the molecule is CCCC[C@@H](NC(=O)[C@H](CCCCNC(=O)OCc1ccccc1)NC(=O)C1CCC1)P(=O)(OC)OC(CCCCNC(=O)C(F)(F)F)C(=O)N1CCC[C@H]1C(=O)O. The van der Waals surface area contributed by atoms with Gasteiger partial charge in [-0.1, -0.05) is 56.5 Å². The molecule has 0 aromatic heterocycles. The van der Waals surface area contributed by atoms with E-state index in [0.717, 1.165) is 24.0 Å². The van der Waals surface area contributed by atoms with E-state index in [9.17, 15) is 51.6 Å². The maximum Gasteiger partial charge on any atom is 0.471 e. The van der Waals surface area contributed by atoms with Crippen LogP contribution < -0.4 is 21.3 Å². The molecule has 0 bridgehead atoms. The number of benzene rings is 1. The van der Waals surface area contributed by atoms with Crippen LogP contribution in [-0.4, -0.2) is 103 Å². The van der Waals surface area contributed by atoms with Crippen LogP contribution in [0.3, 0.4) is 0 Å². The quantitative estimate of drug-likeness (QED) is 0.0640. The van der Waals surface area contributed by atoms with Gasteiger partial charge in [0.05, 0.1) is 0 Å². The number of unbranched alkanes of at least 4 members (excludes halogenated alkanes) is 3. The van der Waals surface area contributed by atoms with E-state index in [-0.39, 0.29) is 76.6 Å². The van der Waals surface area contributed by atoms with E-state index in [4.69, 9.17) is 13.8 Å². The van der Waals surface area contributed by atoms with Crippen LogP contribution in [0.5, 0.6) is 0 Å². The lowest BCUT2D eigenvalue weighted by molar-refractivity contribution is -0.173. The van der Waals surface area contributed by atoms with Gasteiger partial charge < -0.3 is 40.5 Å². The number of alkyl carbamates (subject to hydrolysis) is 1. The fraction of sp³-hybridized carbons (Fsp3) is 0.684. The summed E-state index contributed by atoms with van der Waals surface area (Å²) in [7, 11) is -3.39. The third-order valence-corrected chi connectivity index (χ3v) is 12.3. The maximum absolute atomic E-state index is 14.6. The average molecular weight is 848 g/mol. The van der Waals surface area contributed by atoms with Crippen molar-refractivity contribution in [3.05, 3.63) is 35.9 Å². The molecule has 0 radical (unpaired) electrons. The highest BCUT2D eigenvalue weighted by atomic mass is 31.2. The first-order chi connectivity index (χ1) is 27.6. The van der Waals surface area contributed by atoms with Crippen molar-refractivity contribution in [1.29, 1.82) is 0 Å². The van der Waals surface area contributed by atoms with Crippen molar-refractivity contribution in [1.82, 2.24) is 26.2 Å². The summed E-state index contributed by atoms with van der Waals surface area (Å²) in [5, 5.41) is 19.7. The number of carboxylic acids is 1. The Balaban J connectivity index is 1.72. The lowest BCUT2D eigenvalue weighted by Gasteiger charge is -2.33. The van der Waals surface area contributed by atoms with Gasteiger partial charge in [0.2, 0.25) is 11.8 Å². The number of likely N-dealkylation sites (tertiary alicyclic amines) is 1. The number of nitrogens with one attached hydrogen (secondary N) is 4. The largest absolute Gasteiger partial charge is 0.480 e. The Labute approximate surface area is 336 Å². The molecule has 0 spiro atoms. The molecule has 20 heteroatoms. The van der Waals surface area contributed by atoms with Gasteiger partial charge in [0.1, 0.15) is 30.6 Å². The van der Waals surface area contributed by atoms with Gasteiger partial charge >= 0.3 is 31.7 Å². The van der Waals surface area contributed by atoms with Gasteiger partial charge in [-0.15, -0.1) is 0 Å². The Kier molecular flexibility index (Phi) is 19.9. The van der Waals surface area contributed by atoms with Gasteiger partial charge in [-0.3, -0.25) is 28.3 Å². The van der Waals surface area contributed by atoms with Crippen molar-refractivity contribution < 1.29 is 65.4 Å². The molecule has 1 aromatic rings. The minimum absolute atomic E-state index is 0.00466. The fourth-order valence-electron chi connectivity index (χ4n) is 6.51. The predicted molar refractivity (Wildman–Crippen MR) is 204 cm³/mol. The molecule has 326 valence electrons. The topological polar surface area (TPSA) is 219 Å². The van der Waals surface area contributed by atoms with Gasteiger partial charge in [0, 0.05) is 32.7 Å². The Morgan fingerprint density at radius 3 is 2.17 bits per heavy atom. The normalized spacial score (nSPS) is 18.2. The standard InChI is InChI=1S/C38H57F3N5O11P/c1-3-4-21-31(45-33(48)28(44-32(47)27-16-12-17-27)18-8-10-23-43-37(53)56-25-26-14-6-5-7-15-26)58(54,55-2)57-30(20-9-11-22-42-36(52)38(39,40)41)34(49)46-24-13-19-29(46)35(50)51/h5-7,14-15,27-31H,3-4,8-13,16-25H2,1-2H3,(H,42,52)(H,43,53)(H,44,47)(H,45,48)(H,50,51)/t28-,29-,30?,31-,58?/m0/s1. The average Bonchev–Trinajstić information content (AvgIpc) is 3.67. The lowest BCUT2D eigenvalue weighted by Crippen LogP contribution is -2.52. The third-order valence-electron chi connectivity index (χ3n) is 10.1. The van der Waals surface area contributed by atoms with Crippen molar-refractivity contribution in [3.63, 3.8) is 0 Å². The molecule has 5 atom stereocenters. The highest BCUT2D eigenvalue weighted by Crippen LogP contribution is 2.54. The summed E-state index contributed by atoms with van der Waals surface area (Å²) in [6.45, 7) is 1.86. The molecular formula is C38H57F3N5O11P. The van der Waals surface area contributed by atoms with Crippen LogP contribution in [-0.2, 0) is 48.9 Å². The highest BCUT2D eigenvalue weighted by molar-refractivity contribution is 7.54. The van der Waals surface area contributed by atoms with Crippen LogP contribution in [0.1, 0.15) is 102 Å². The van der Waals surface area contributed by atoms with E-state index < -0.39 is 67.5 Å². The Hall–Kier alpha value is -4.22. The zero-order chi connectivity index (χ0) is 42.7. The third kappa shape index (κ3) is 15.5. The van der Waals surface area contributed by atoms with Crippen molar-refractivity contribution in [2.75, 3.05) is 26.7 Å². The zero-order valence-corrected chi connectivity index (χ0v) is 34.0. The van der Waals surface area contributed by atoms with Crippen molar-refractivity contribution in [2.45, 2.75) is 134 Å². The van der Waals surface area contributed by atoms with Gasteiger partial charge in [0.25, 0.3) is 5.91 Å². The molecule has 1 saturated carbocycles. The lowest BCUT2D eigenvalue weighted by atomic mass is 9.84. The number of alkyl halides is 3. The minimum atomic E-state index is -5.08. The molecule has 2 aliphatic rings. The number of amides is 5. The first kappa shape index (κ1) is 48.2. The van der Waals surface area contributed by atoms with E-state index in [2.05, 4.69) is 16.0 Å². The molecule has 1 heterocycles. The molecule has 5 amide bonds. The summed E-state index contributed by atoms with van der Waals surface area (Å²) in [5.41, 5.74) is 0.824. The number of hydrogen-bond acceptors (Lipinski definition) is 10. The molecular weight excluding hydrogens is 790 g/mol. The van der Waals surface area contributed by atoms with Gasteiger partial charge in [-0.05, 0) is 76.2 Å². The molecule has 1 aliphatic carbocycles. The van der Waals surface area contributed by atoms with Crippen LogP contribution in [0.15, 0.2) is 30.3 Å². The molecule has 16 nitrogen and oxygen atoms in total. The number of rotatable bonds is 25. The van der Waals surface area contributed by atoms with Gasteiger partial charge in [-0.2, -0.15) is 13.2 Å². The summed E-state index contributed by atoms with van der Waals surface area (Å²) in [6, 6.07) is 6.89. The minimum Gasteiger partial charge on any atom is -0.480 e. The number of hydrogen-bond donors (Lipinski definition) is 5. The first-order valence-electron chi connectivity index (χ1n) is 19.9. The number of ether oxygens (including phenoxy) is 1. The van der Waals surface area contributed by atoms with Gasteiger partial charge in [-0.25, -0.2) is 9.59 Å². The summed E-state index contributed by atoms with van der Waals surface area (Å²) in [4.78, 5) is 77.3. The Morgan fingerprint density at radius 2 is 1.57 bits per heavy atom.